The van der Waals surface area contributed by atoms with Gasteiger partial charge in [0.05, 0.1) is 20.9 Å². The van der Waals surface area contributed by atoms with Crippen LogP contribution in [0.15, 0.2) is 34.1 Å². The van der Waals surface area contributed by atoms with E-state index in [0.717, 1.165) is 0 Å². The molecule has 2 aromatic carbocycles. The second-order valence-electron chi connectivity index (χ2n) is 6.85. The molecule has 0 fully saturated rings. The van der Waals surface area contributed by atoms with Crippen LogP contribution in [-0.4, -0.2) is 71.3 Å². The van der Waals surface area contributed by atoms with E-state index in [0.29, 0.717) is 24.3 Å². The van der Waals surface area contributed by atoms with E-state index >= 15 is 0 Å². The van der Waals surface area contributed by atoms with E-state index in [-0.39, 0.29) is 25.9 Å². The number of carbonyl (C=O) groups is 2. The van der Waals surface area contributed by atoms with E-state index < -0.39 is 76.0 Å². The molecule has 2 rings (SSSR count). The highest BCUT2D eigenvalue weighted by atomic mass is 32.2. The summed E-state index contributed by atoms with van der Waals surface area (Å²) < 4.78 is 62.9. The molecule has 0 heterocycles. The average Bonchev–Trinajstić information content (AvgIpc) is 2.72. The number of nitrogens with one attached hydrogen (secondary N) is 2. The van der Waals surface area contributed by atoms with Crippen molar-refractivity contribution in [2.75, 3.05) is 13.1 Å². The van der Waals surface area contributed by atoms with Crippen molar-refractivity contribution in [3.05, 3.63) is 35.4 Å². The fraction of sp³-hybridized carbons (Fsp3) is 0.222. The van der Waals surface area contributed by atoms with Crippen LogP contribution in [-0.2, 0) is 20.2 Å². The van der Waals surface area contributed by atoms with Crippen molar-refractivity contribution >= 4 is 32.1 Å². The van der Waals surface area contributed by atoms with Crippen molar-refractivity contribution in [3.8, 4) is 23.0 Å². The molecule has 0 spiro atoms. The molecule has 2 amide bonds. The van der Waals surface area contributed by atoms with Gasteiger partial charge in [-0.25, -0.2) is 0 Å². The SMILES string of the molecule is O=C(NCCCCNC(=O)c1cc(S(=O)(=O)O)cc(O)c1O)c1cc(S(=O)(=O)O)cc(O)c1O. The average molecular weight is 520 g/mol. The van der Waals surface area contributed by atoms with Gasteiger partial charge in [0.2, 0.25) is 0 Å². The van der Waals surface area contributed by atoms with Crippen molar-refractivity contribution in [3.63, 3.8) is 0 Å². The van der Waals surface area contributed by atoms with Crippen LogP contribution in [0.2, 0.25) is 0 Å². The Balaban J connectivity index is 1.92. The van der Waals surface area contributed by atoms with E-state index in [4.69, 9.17) is 9.11 Å². The van der Waals surface area contributed by atoms with Gasteiger partial charge in [0.15, 0.2) is 23.0 Å². The third-order valence-corrected chi connectivity index (χ3v) is 6.05. The number of hydrogen-bond acceptors (Lipinski definition) is 10. The Hall–Kier alpha value is -3.60. The van der Waals surface area contributed by atoms with Crippen molar-refractivity contribution in [2.45, 2.75) is 22.6 Å². The molecule has 16 heteroatoms. The van der Waals surface area contributed by atoms with Crippen LogP contribution in [0.5, 0.6) is 23.0 Å². The molecule has 0 saturated heterocycles. The lowest BCUT2D eigenvalue weighted by Gasteiger charge is -2.11. The Morgan fingerprint density at radius 2 is 0.971 bits per heavy atom. The van der Waals surface area contributed by atoms with Crippen LogP contribution < -0.4 is 10.6 Å². The quantitative estimate of drug-likeness (QED) is 0.123. The smallest absolute Gasteiger partial charge is 0.294 e. The van der Waals surface area contributed by atoms with Crippen LogP contribution in [0.1, 0.15) is 33.6 Å². The van der Waals surface area contributed by atoms with E-state index in [1.165, 1.54) is 0 Å². The zero-order valence-corrected chi connectivity index (χ0v) is 18.7. The summed E-state index contributed by atoms with van der Waals surface area (Å²) in [7, 11) is -9.50. The number of aromatic hydroxyl groups is 4. The van der Waals surface area contributed by atoms with E-state index in [1.807, 2.05) is 0 Å². The predicted octanol–water partition coefficient (Wildman–Crippen LogP) is -0.0576. The summed E-state index contributed by atoms with van der Waals surface area (Å²) in [5, 5.41) is 43.3. The summed E-state index contributed by atoms with van der Waals surface area (Å²) in [6, 6.07) is 2.46. The second kappa shape index (κ2) is 10.1. The van der Waals surface area contributed by atoms with Gasteiger partial charge < -0.3 is 31.1 Å². The number of amides is 2. The lowest BCUT2D eigenvalue weighted by atomic mass is 10.1. The molecule has 186 valence electrons. The normalized spacial score (nSPS) is 11.7. The molecule has 0 atom stereocenters. The number of phenolic OH excluding ortho intramolecular Hbond substituents is 4. The summed E-state index contributed by atoms with van der Waals surface area (Å²) in [5.41, 5.74) is -1.20. The van der Waals surface area contributed by atoms with Gasteiger partial charge in [-0.3, -0.25) is 18.7 Å². The van der Waals surface area contributed by atoms with Gasteiger partial charge in [0.1, 0.15) is 0 Å². The van der Waals surface area contributed by atoms with Gasteiger partial charge in [-0.05, 0) is 25.0 Å². The van der Waals surface area contributed by atoms with Crippen LogP contribution in [0, 0.1) is 0 Å². The van der Waals surface area contributed by atoms with Gasteiger partial charge in [-0.15, -0.1) is 0 Å². The number of phenols is 4. The van der Waals surface area contributed by atoms with E-state index in [9.17, 15) is 46.9 Å². The summed E-state index contributed by atoms with van der Waals surface area (Å²) in [6.07, 6.45) is 0.498. The lowest BCUT2D eigenvalue weighted by Crippen LogP contribution is -2.27. The maximum Gasteiger partial charge on any atom is 0.294 e. The molecule has 0 unspecified atom stereocenters. The third-order valence-electron chi connectivity index (χ3n) is 4.39. The number of benzene rings is 2. The minimum Gasteiger partial charge on any atom is -0.504 e. The largest absolute Gasteiger partial charge is 0.504 e. The molecule has 2 aromatic rings. The molecule has 0 aromatic heterocycles. The highest BCUT2D eigenvalue weighted by Crippen LogP contribution is 2.33. The molecule has 0 saturated carbocycles. The Bertz CT molecular complexity index is 1230. The molecule has 34 heavy (non-hydrogen) atoms. The molecule has 0 aliphatic heterocycles. The highest BCUT2D eigenvalue weighted by Gasteiger charge is 2.22. The Kier molecular flexibility index (Phi) is 7.93. The third kappa shape index (κ3) is 6.47. The highest BCUT2D eigenvalue weighted by molar-refractivity contribution is 7.86. The summed E-state index contributed by atoms with van der Waals surface area (Å²) in [5.74, 6) is -5.57. The fourth-order valence-electron chi connectivity index (χ4n) is 2.68. The van der Waals surface area contributed by atoms with Gasteiger partial charge >= 0.3 is 0 Å². The van der Waals surface area contributed by atoms with Gasteiger partial charge in [0, 0.05) is 25.2 Å². The van der Waals surface area contributed by atoms with Crippen LogP contribution in [0.3, 0.4) is 0 Å². The summed E-state index contributed by atoms with van der Waals surface area (Å²) in [4.78, 5) is 22.7. The van der Waals surface area contributed by atoms with Crippen LogP contribution >= 0.6 is 0 Å². The maximum absolute atomic E-state index is 12.2. The first-order valence-corrected chi connectivity index (χ1v) is 12.1. The molecule has 0 bridgehead atoms. The van der Waals surface area contributed by atoms with E-state index in [2.05, 4.69) is 10.6 Å². The number of hydrogen-bond donors (Lipinski definition) is 8. The molecule has 0 radical (unpaired) electrons. The molecule has 0 aliphatic carbocycles. The molecule has 0 aliphatic rings. The molecule has 8 N–H and O–H groups in total. The lowest BCUT2D eigenvalue weighted by molar-refractivity contribution is 0.0935. The summed E-state index contributed by atoms with van der Waals surface area (Å²) >= 11 is 0. The summed E-state index contributed by atoms with van der Waals surface area (Å²) in [6.45, 7) is -0.0371. The van der Waals surface area contributed by atoms with Crippen molar-refractivity contribution < 1.29 is 56.0 Å². The zero-order valence-electron chi connectivity index (χ0n) is 17.1. The van der Waals surface area contributed by atoms with Crippen LogP contribution in [0.4, 0.5) is 0 Å². The predicted molar refractivity (Wildman–Crippen MR) is 113 cm³/mol. The Morgan fingerprint density at radius 1 is 0.647 bits per heavy atom. The second-order valence-corrected chi connectivity index (χ2v) is 9.69. The Morgan fingerprint density at radius 3 is 1.26 bits per heavy atom. The monoisotopic (exact) mass is 520 g/mol. The number of rotatable bonds is 9. The number of carbonyl (C=O) groups excluding carboxylic acids is 2. The van der Waals surface area contributed by atoms with Gasteiger partial charge in [0.25, 0.3) is 32.1 Å². The molecular formula is C18H20N2O12S2. The molecule has 14 nitrogen and oxygen atoms in total. The zero-order chi connectivity index (χ0) is 25.8. The van der Waals surface area contributed by atoms with Crippen molar-refractivity contribution in [1.82, 2.24) is 10.6 Å². The minimum absolute atomic E-state index is 0.0186. The van der Waals surface area contributed by atoms with Gasteiger partial charge in [-0.1, -0.05) is 0 Å². The first-order chi connectivity index (χ1) is 15.6. The fourth-order valence-corrected chi connectivity index (χ4v) is 3.73. The van der Waals surface area contributed by atoms with E-state index in [1.54, 1.807) is 0 Å². The van der Waals surface area contributed by atoms with Crippen molar-refractivity contribution in [2.24, 2.45) is 0 Å². The maximum atomic E-state index is 12.2. The van der Waals surface area contributed by atoms with Crippen molar-refractivity contribution in [1.29, 1.82) is 0 Å². The molecular weight excluding hydrogens is 500 g/mol. The number of unbranched alkanes of at least 4 members (excludes halogenated alkanes) is 1. The first-order valence-electron chi connectivity index (χ1n) is 9.26. The topological polar surface area (TPSA) is 248 Å². The first kappa shape index (κ1) is 26.7. The van der Waals surface area contributed by atoms with Crippen LogP contribution in [0.25, 0.3) is 0 Å². The standard InChI is InChI=1S/C18H20N2O12S2/c21-13-7-9(33(27,28)29)5-11(15(13)23)17(25)19-3-1-2-4-20-18(26)12-6-10(34(30,31)32)8-14(22)16(12)24/h5-8,21-24H,1-4H2,(H,19,25)(H,20,26)(H,27,28,29)(H,30,31,32). The Labute approximate surface area is 193 Å². The minimum atomic E-state index is -4.75. The van der Waals surface area contributed by atoms with Gasteiger partial charge in [-0.2, -0.15) is 16.8 Å².